The Hall–Kier alpha value is -5.78. The predicted molar refractivity (Wildman–Crippen MR) is 239 cm³/mol. The van der Waals surface area contributed by atoms with E-state index in [1.165, 1.54) is 5.56 Å². The molecule has 0 bridgehead atoms. The number of para-hydroxylation sites is 2. The zero-order valence-electron chi connectivity index (χ0n) is 34.5. The number of ether oxygens (including phenoxy) is 4. The maximum atomic E-state index is 14.0. The fourth-order valence-electron chi connectivity index (χ4n) is 8.65. The van der Waals surface area contributed by atoms with E-state index in [-0.39, 0.29) is 30.5 Å². The second-order valence-electron chi connectivity index (χ2n) is 16.3. The third-order valence-electron chi connectivity index (χ3n) is 11.5. The Morgan fingerprint density at radius 2 is 1.47 bits per heavy atom. The number of nitrogens with zero attached hydrogens (tertiary/aromatic N) is 3. The molecule has 60 heavy (non-hydrogen) atoms. The van der Waals surface area contributed by atoms with E-state index in [1.54, 1.807) is 19.2 Å². The van der Waals surface area contributed by atoms with Gasteiger partial charge in [0, 0.05) is 60.8 Å². The summed E-state index contributed by atoms with van der Waals surface area (Å²) in [5.41, 5.74) is 10.8. The van der Waals surface area contributed by atoms with Crippen LogP contribution >= 0.6 is 11.8 Å². The van der Waals surface area contributed by atoms with Gasteiger partial charge in [-0.2, -0.15) is 11.8 Å². The van der Waals surface area contributed by atoms with Crippen LogP contribution in [0.4, 0.5) is 22.7 Å². The topological polar surface area (TPSA) is 102 Å². The molecular formula is C49H50N4O6S. The molecule has 0 saturated carbocycles. The normalized spacial score (nSPS) is 17.2. The lowest BCUT2D eigenvalue weighted by Gasteiger charge is -2.22. The van der Waals surface area contributed by atoms with Crippen LogP contribution in [-0.4, -0.2) is 62.7 Å². The number of fused-ring (bicyclic) bond motifs is 8. The van der Waals surface area contributed by atoms with E-state index in [0.717, 1.165) is 81.6 Å². The molecule has 0 radical (unpaired) electrons. The van der Waals surface area contributed by atoms with Crippen molar-refractivity contribution in [2.45, 2.75) is 64.7 Å². The molecule has 0 unspecified atom stereocenters. The van der Waals surface area contributed by atoms with Gasteiger partial charge in [0.05, 0.1) is 48.3 Å². The SMILES string of the molecule is COc1cc2c(cc1OCc1cc(COc3cc4c(cc3C)C(=O)N3c5ccccc5C[C@H]3CN4)cc(CSCCOCC(C)C)c1)N=C[C@@H]1Cc3ccccc3N1C2=O. The van der Waals surface area contributed by atoms with Crippen LogP contribution in [-0.2, 0) is 36.5 Å². The van der Waals surface area contributed by atoms with Gasteiger partial charge in [-0.1, -0.05) is 62.4 Å². The molecule has 0 aromatic heterocycles. The first kappa shape index (κ1) is 39.7. The van der Waals surface area contributed by atoms with Crippen molar-refractivity contribution < 1.29 is 28.5 Å². The van der Waals surface area contributed by atoms with Crippen molar-refractivity contribution in [2.75, 3.05) is 47.7 Å². The number of thioether (sulfide) groups is 1. The van der Waals surface area contributed by atoms with Gasteiger partial charge in [0.15, 0.2) is 11.5 Å². The van der Waals surface area contributed by atoms with E-state index >= 15 is 0 Å². The first-order chi connectivity index (χ1) is 29.2. The highest BCUT2D eigenvalue weighted by Gasteiger charge is 2.38. The summed E-state index contributed by atoms with van der Waals surface area (Å²) in [6.07, 6.45) is 3.42. The summed E-state index contributed by atoms with van der Waals surface area (Å²) < 4.78 is 24.6. The van der Waals surface area contributed by atoms with Crippen molar-refractivity contribution in [3.63, 3.8) is 0 Å². The van der Waals surface area contributed by atoms with Crippen LogP contribution in [0.2, 0.25) is 0 Å². The second kappa shape index (κ2) is 17.1. The monoisotopic (exact) mass is 822 g/mol. The molecule has 10 nitrogen and oxygen atoms in total. The second-order valence-corrected chi connectivity index (χ2v) is 17.4. The Morgan fingerprint density at radius 1 is 0.783 bits per heavy atom. The predicted octanol–water partition coefficient (Wildman–Crippen LogP) is 9.35. The number of aliphatic imine (C=N–C) groups is 1. The van der Waals surface area contributed by atoms with Crippen LogP contribution in [0.1, 0.15) is 67.9 Å². The molecule has 1 N–H and O–H groups in total. The maximum Gasteiger partial charge on any atom is 0.261 e. The number of carbonyl (C=O) groups is 2. The van der Waals surface area contributed by atoms with Gasteiger partial charge >= 0.3 is 0 Å². The average molecular weight is 823 g/mol. The zero-order valence-corrected chi connectivity index (χ0v) is 35.3. The molecule has 5 aromatic rings. The van der Waals surface area contributed by atoms with Gasteiger partial charge in [-0.3, -0.25) is 19.5 Å². The van der Waals surface area contributed by atoms with Crippen LogP contribution < -0.4 is 29.3 Å². The van der Waals surface area contributed by atoms with Crippen LogP contribution in [0.25, 0.3) is 0 Å². The van der Waals surface area contributed by atoms with Crippen LogP contribution in [0.5, 0.6) is 17.2 Å². The number of aryl methyl sites for hydroxylation is 1. The number of hydrogen-bond acceptors (Lipinski definition) is 9. The standard InChI is InChI=1S/C49H50N4O6S/c1-30(2)26-57-13-14-60-29-34-17-32(27-58-45-22-41-39(15-31(45)3)48(54)52-37(24-50-41)19-35-9-5-7-11-43(35)52)16-33(18-34)28-59-47-23-42-40(21-46(47)56-4)49(55)53-38(25-51-42)20-36-10-6-8-12-44(36)53/h5-12,15-18,21-23,25,30,37-38,50H,13-14,19-20,24,26-29H2,1-4H3/t37-,38-/m0/s1. The summed E-state index contributed by atoms with van der Waals surface area (Å²) in [5, 5.41) is 3.56. The molecule has 9 rings (SSSR count). The van der Waals surface area contributed by atoms with E-state index in [1.807, 2.05) is 83.2 Å². The van der Waals surface area contributed by atoms with Crippen molar-refractivity contribution in [1.82, 2.24) is 0 Å². The first-order valence-electron chi connectivity index (χ1n) is 20.7. The van der Waals surface area contributed by atoms with E-state index in [9.17, 15) is 9.59 Å². The highest BCUT2D eigenvalue weighted by molar-refractivity contribution is 7.98. The molecule has 4 aliphatic heterocycles. The molecule has 5 aromatic carbocycles. The van der Waals surface area contributed by atoms with Gasteiger partial charge in [0.2, 0.25) is 0 Å². The number of amides is 2. The van der Waals surface area contributed by atoms with E-state index in [2.05, 4.69) is 49.5 Å². The summed E-state index contributed by atoms with van der Waals surface area (Å²) in [6, 6.07) is 30.0. The Labute approximate surface area is 355 Å². The highest BCUT2D eigenvalue weighted by atomic mass is 32.2. The maximum absolute atomic E-state index is 14.0. The molecule has 0 spiro atoms. The summed E-state index contributed by atoms with van der Waals surface area (Å²) >= 11 is 1.83. The van der Waals surface area contributed by atoms with Gasteiger partial charge in [0.1, 0.15) is 19.0 Å². The minimum Gasteiger partial charge on any atom is -0.493 e. The molecule has 4 aliphatic rings. The average Bonchev–Trinajstić information content (AvgIpc) is 3.74. The minimum atomic E-state index is -0.148. The fourth-order valence-corrected chi connectivity index (χ4v) is 9.43. The van der Waals surface area contributed by atoms with Gasteiger partial charge in [-0.25, -0.2) is 0 Å². The number of nitrogens with one attached hydrogen (secondary N) is 1. The summed E-state index contributed by atoms with van der Waals surface area (Å²) in [6.45, 7) is 9.02. The molecule has 2 atom stereocenters. The Balaban J connectivity index is 0.934. The summed E-state index contributed by atoms with van der Waals surface area (Å²) in [5.74, 6) is 3.80. The number of anilines is 3. The number of hydrogen-bond donors (Lipinski definition) is 1. The van der Waals surface area contributed by atoms with E-state index < -0.39 is 0 Å². The van der Waals surface area contributed by atoms with Crippen LogP contribution in [0.15, 0.2) is 96.0 Å². The zero-order chi connectivity index (χ0) is 41.3. The summed E-state index contributed by atoms with van der Waals surface area (Å²) in [4.78, 5) is 36.5. The van der Waals surface area contributed by atoms with Crippen molar-refractivity contribution in [3.8, 4) is 17.2 Å². The van der Waals surface area contributed by atoms with Gasteiger partial charge < -0.3 is 29.2 Å². The number of methoxy groups -OCH3 is 1. The number of benzene rings is 5. The van der Waals surface area contributed by atoms with Crippen LogP contribution in [0.3, 0.4) is 0 Å². The molecule has 4 heterocycles. The van der Waals surface area contributed by atoms with E-state index in [4.69, 9.17) is 23.9 Å². The fraction of sp³-hybridized carbons (Fsp3) is 0.327. The van der Waals surface area contributed by atoms with Crippen molar-refractivity contribution >= 4 is 52.5 Å². The van der Waals surface area contributed by atoms with Crippen molar-refractivity contribution in [1.29, 1.82) is 0 Å². The lowest BCUT2D eigenvalue weighted by Crippen LogP contribution is -2.39. The molecular weight excluding hydrogens is 773 g/mol. The van der Waals surface area contributed by atoms with Crippen molar-refractivity contribution in [2.24, 2.45) is 10.9 Å². The van der Waals surface area contributed by atoms with Crippen LogP contribution in [0, 0.1) is 12.8 Å². The van der Waals surface area contributed by atoms with Gasteiger partial charge in [-0.15, -0.1) is 0 Å². The molecule has 11 heteroatoms. The molecule has 0 aliphatic carbocycles. The highest BCUT2D eigenvalue weighted by Crippen LogP contribution is 2.42. The van der Waals surface area contributed by atoms with E-state index in [0.29, 0.717) is 54.0 Å². The third kappa shape index (κ3) is 7.96. The lowest BCUT2D eigenvalue weighted by molar-refractivity contribution is 0.0977. The molecule has 2 amide bonds. The lowest BCUT2D eigenvalue weighted by atomic mass is 10.1. The number of rotatable bonds is 14. The Kier molecular flexibility index (Phi) is 11.3. The molecule has 308 valence electrons. The molecule has 0 fully saturated rings. The van der Waals surface area contributed by atoms with Gasteiger partial charge in [0.25, 0.3) is 11.8 Å². The van der Waals surface area contributed by atoms with Gasteiger partial charge in [-0.05, 0) is 83.0 Å². The number of carbonyl (C=O) groups excluding carboxylic acids is 2. The third-order valence-corrected chi connectivity index (χ3v) is 12.5. The molecule has 0 saturated heterocycles. The smallest absolute Gasteiger partial charge is 0.261 e. The first-order valence-corrected chi connectivity index (χ1v) is 21.9. The minimum absolute atomic E-state index is 0.0136. The summed E-state index contributed by atoms with van der Waals surface area (Å²) in [7, 11) is 1.59. The Bertz CT molecular complexity index is 2480. The largest absolute Gasteiger partial charge is 0.493 e. The van der Waals surface area contributed by atoms with Crippen molar-refractivity contribution in [3.05, 3.63) is 136 Å². The Morgan fingerprint density at radius 3 is 2.22 bits per heavy atom. The quantitative estimate of drug-likeness (QED) is 0.111.